The van der Waals surface area contributed by atoms with E-state index in [1.807, 2.05) is 4.90 Å². The molecule has 8 nitrogen and oxygen atoms in total. The van der Waals surface area contributed by atoms with Crippen molar-refractivity contribution < 1.29 is 9.28 Å². The highest BCUT2D eigenvalue weighted by Gasteiger charge is 2.27. The molecule has 4 aromatic rings. The SMILES string of the molecule is CCN(CC)[C@@H]1CCCN(C(=O)c2ccc(-n3cc(-c4cc5ccccc5n(F)c4=O)nn3)cc2)C1. The first kappa shape index (κ1) is 23.9. The number of hydrogen-bond donors (Lipinski definition) is 0. The molecule has 0 radical (unpaired) electrons. The molecule has 1 saturated heterocycles. The summed E-state index contributed by atoms with van der Waals surface area (Å²) in [6.07, 6.45) is 3.70. The molecule has 0 bridgehead atoms. The minimum Gasteiger partial charge on any atom is -0.337 e. The zero-order chi connectivity index (χ0) is 25.2. The van der Waals surface area contributed by atoms with Crippen LogP contribution < -0.4 is 5.56 Å². The lowest BCUT2D eigenvalue weighted by Crippen LogP contribution is -2.49. The van der Waals surface area contributed by atoms with E-state index in [1.165, 1.54) is 4.68 Å². The van der Waals surface area contributed by atoms with Crippen molar-refractivity contribution in [3.63, 3.8) is 0 Å². The molecule has 0 saturated carbocycles. The van der Waals surface area contributed by atoms with Gasteiger partial charge in [-0.2, -0.15) is 0 Å². The second-order valence-electron chi connectivity index (χ2n) is 9.07. The summed E-state index contributed by atoms with van der Waals surface area (Å²) >= 11 is 0. The number of pyridine rings is 1. The second kappa shape index (κ2) is 10.0. The molecule has 1 aliphatic heterocycles. The van der Waals surface area contributed by atoms with Gasteiger partial charge in [0.1, 0.15) is 5.69 Å². The number of aromatic nitrogens is 4. The van der Waals surface area contributed by atoms with Gasteiger partial charge in [-0.25, -0.2) is 4.68 Å². The number of likely N-dealkylation sites (N-methyl/N-ethyl adjacent to an activating group) is 1. The Hall–Kier alpha value is -3.85. The number of hydrogen-bond acceptors (Lipinski definition) is 5. The molecule has 3 heterocycles. The summed E-state index contributed by atoms with van der Waals surface area (Å²) in [5.74, 6) is 0.0253. The van der Waals surface area contributed by atoms with Crippen molar-refractivity contribution in [1.82, 2.24) is 29.6 Å². The fraction of sp³-hybridized carbons (Fsp3) is 0.333. The van der Waals surface area contributed by atoms with Crippen LogP contribution in [0.5, 0.6) is 0 Å². The number of nitrogens with zero attached hydrogens (tertiary/aromatic N) is 6. The first-order chi connectivity index (χ1) is 17.5. The van der Waals surface area contributed by atoms with Gasteiger partial charge in [-0.3, -0.25) is 14.5 Å². The third kappa shape index (κ3) is 4.42. The van der Waals surface area contributed by atoms with Crippen LogP contribution in [0.3, 0.4) is 0 Å². The van der Waals surface area contributed by atoms with Crippen LogP contribution in [0.25, 0.3) is 27.8 Å². The van der Waals surface area contributed by atoms with E-state index in [9.17, 15) is 14.1 Å². The lowest BCUT2D eigenvalue weighted by atomic mass is 10.0. The number of carbonyl (C=O) groups is 1. The summed E-state index contributed by atoms with van der Waals surface area (Å²) in [7, 11) is 0. The molecular formula is C27H29FN6O2. The van der Waals surface area contributed by atoms with Crippen LogP contribution >= 0.6 is 0 Å². The Balaban J connectivity index is 1.35. The number of amides is 1. The van der Waals surface area contributed by atoms with Crippen molar-refractivity contribution in [3.05, 3.63) is 76.7 Å². The summed E-state index contributed by atoms with van der Waals surface area (Å²) < 4.78 is 16.1. The quantitative estimate of drug-likeness (QED) is 0.411. The van der Waals surface area contributed by atoms with Gasteiger partial charge in [0.25, 0.3) is 11.5 Å². The Labute approximate surface area is 208 Å². The summed E-state index contributed by atoms with van der Waals surface area (Å²) in [5.41, 5.74) is 1.12. The zero-order valence-corrected chi connectivity index (χ0v) is 20.5. The first-order valence-electron chi connectivity index (χ1n) is 12.4. The molecule has 0 N–H and O–H groups in total. The first-order valence-corrected chi connectivity index (χ1v) is 12.4. The predicted molar refractivity (Wildman–Crippen MR) is 137 cm³/mol. The maximum atomic E-state index is 14.6. The molecule has 1 fully saturated rings. The average Bonchev–Trinajstić information content (AvgIpc) is 3.41. The Morgan fingerprint density at radius 3 is 2.61 bits per heavy atom. The summed E-state index contributed by atoms with van der Waals surface area (Å²) in [6.45, 7) is 7.79. The van der Waals surface area contributed by atoms with Crippen LogP contribution in [-0.4, -0.2) is 67.7 Å². The number of piperidine rings is 1. The third-order valence-electron chi connectivity index (χ3n) is 7.02. The highest BCUT2D eigenvalue weighted by Crippen LogP contribution is 2.22. The molecule has 1 amide bonds. The molecule has 2 aromatic heterocycles. The van der Waals surface area contributed by atoms with E-state index < -0.39 is 5.56 Å². The number of fused-ring (bicyclic) bond motifs is 1. The van der Waals surface area contributed by atoms with E-state index in [2.05, 4.69) is 29.1 Å². The van der Waals surface area contributed by atoms with Crippen LogP contribution in [0, 0.1) is 0 Å². The van der Waals surface area contributed by atoms with Crippen molar-refractivity contribution in [2.75, 3.05) is 26.2 Å². The minimum atomic E-state index is -0.786. The second-order valence-corrected chi connectivity index (χ2v) is 9.07. The fourth-order valence-electron chi connectivity index (χ4n) is 5.03. The maximum Gasteiger partial charge on any atom is 0.288 e. The largest absolute Gasteiger partial charge is 0.337 e. The van der Waals surface area contributed by atoms with Crippen LogP contribution in [0.15, 0.2) is 65.6 Å². The minimum absolute atomic E-state index is 0.0253. The van der Waals surface area contributed by atoms with Gasteiger partial charge >= 0.3 is 0 Å². The standard InChI is InChI=1S/C27H29FN6O2/c1-3-31(4-2)22-9-7-15-32(17-22)26(35)19-11-13-21(14-12-19)33-18-24(29-30-33)23-16-20-8-5-6-10-25(20)34(28)27(23)36/h5-6,8,10-14,16,18,22H,3-4,7,9,15,17H2,1-2H3/t22-/m1/s1. The number of rotatable bonds is 6. The lowest BCUT2D eigenvalue weighted by Gasteiger charge is -2.38. The summed E-state index contributed by atoms with van der Waals surface area (Å²) in [6, 6.07) is 15.9. The lowest BCUT2D eigenvalue weighted by molar-refractivity contribution is 0.0589. The summed E-state index contributed by atoms with van der Waals surface area (Å²) in [5, 5.41) is 8.81. The normalized spacial score (nSPS) is 16.1. The molecule has 36 heavy (non-hydrogen) atoms. The molecule has 0 aliphatic carbocycles. The number of halogens is 1. The molecule has 1 atom stereocenters. The van der Waals surface area contributed by atoms with Gasteiger partial charge in [-0.05, 0) is 62.3 Å². The van der Waals surface area contributed by atoms with E-state index >= 15 is 0 Å². The van der Waals surface area contributed by atoms with Gasteiger partial charge in [0.2, 0.25) is 0 Å². The Morgan fingerprint density at radius 2 is 1.86 bits per heavy atom. The Kier molecular flexibility index (Phi) is 6.65. The van der Waals surface area contributed by atoms with E-state index in [0.29, 0.717) is 22.7 Å². The maximum absolute atomic E-state index is 14.6. The van der Waals surface area contributed by atoms with Gasteiger partial charge in [0.15, 0.2) is 0 Å². The molecular weight excluding hydrogens is 459 g/mol. The van der Waals surface area contributed by atoms with Crippen LogP contribution in [0.2, 0.25) is 0 Å². The van der Waals surface area contributed by atoms with E-state index in [0.717, 1.165) is 39.0 Å². The predicted octanol–water partition coefficient (Wildman–Crippen LogP) is 3.93. The molecule has 9 heteroatoms. The van der Waals surface area contributed by atoms with Crippen LogP contribution in [0.1, 0.15) is 37.0 Å². The van der Waals surface area contributed by atoms with Crippen molar-refractivity contribution in [1.29, 1.82) is 0 Å². The Bertz CT molecular complexity index is 1440. The third-order valence-corrected chi connectivity index (χ3v) is 7.02. The monoisotopic (exact) mass is 488 g/mol. The van der Waals surface area contributed by atoms with E-state index in [-0.39, 0.29) is 27.5 Å². The van der Waals surface area contributed by atoms with Crippen molar-refractivity contribution in [2.45, 2.75) is 32.7 Å². The number of carbonyl (C=O) groups excluding carboxylic acids is 1. The Morgan fingerprint density at radius 1 is 1.11 bits per heavy atom. The summed E-state index contributed by atoms with van der Waals surface area (Å²) in [4.78, 5) is 30.2. The van der Waals surface area contributed by atoms with Gasteiger partial charge in [0.05, 0.1) is 23.0 Å². The molecule has 5 rings (SSSR count). The highest BCUT2D eigenvalue weighted by atomic mass is 19.2. The number of benzene rings is 2. The molecule has 2 aromatic carbocycles. The van der Waals surface area contributed by atoms with E-state index in [1.54, 1.807) is 60.8 Å². The van der Waals surface area contributed by atoms with Gasteiger partial charge in [0, 0.05) is 30.1 Å². The van der Waals surface area contributed by atoms with Gasteiger partial charge in [-0.1, -0.05) is 41.7 Å². The number of likely N-dealkylation sites (tertiary alicyclic amines) is 1. The molecule has 186 valence electrons. The molecule has 0 spiro atoms. The van der Waals surface area contributed by atoms with Crippen molar-refractivity contribution in [3.8, 4) is 16.9 Å². The molecule has 0 unspecified atom stereocenters. The zero-order valence-electron chi connectivity index (χ0n) is 20.5. The smallest absolute Gasteiger partial charge is 0.288 e. The van der Waals surface area contributed by atoms with Gasteiger partial charge < -0.3 is 4.90 Å². The average molecular weight is 489 g/mol. The van der Waals surface area contributed by atoms with Crippen molar-refractivity contribution in [2.24, 2.45) is 0 Å². The van der Waals surface area contributed by atoms with Crippen LogP contribution in [0.4, 0.5) is 4.48 Å². The van der Waals surface area contributed by atoms with Crippen LogP contribution in [-0.2, 0) is 0 Å². The van der Waals surface area contributed by atoms with E-state index in [4.69, 9.17) is 0 Å². The fourth-order valence-corrected chi connectivity index (χ4v) is 5.03. The van der Waals surface area contributed by atoms with Gasteiger partial charge in [-0.15, -0.1) is 9.89 Å². The topological polar surface area (TPSA) is 76.3 Å². The molecule has 1 aliphatic rings. The highest BCUT2D eigenvalue weighted by molar-refractivity contribution is 5.94. The van der Waals surface area contributed by atoms with Crippen molar-refractivity contribution >= 4 is 16.8 Å². The number of para-hydroxylation sites is 1.